The van der Waals surface area contributed by atoms with E-state index >= 15 is 0 Å². The number of β-lactam (4-membered cyclic amide) rings is 1. The zero-order valence-corrected chi connectivity index (χ0v) is 18.1. The van der Waals surface area contributed by atoms with E-state index in [-0.39, 0.29) is 16.0 Å². The number of amides is 1. The van der Waals surface area contributed by atoms with E-state index in [1.54, 1.807) is 18.7 Å². The van der Waals surface area contributed by atoms with Gasteiger partial charge in [0.25, 0.3) is 0 Å². The topological polar surface area (TPSA) is 64.6 Å². The number of hydrogen-bond acceptors (Lipinski definition) is 7. The fourth-order valence-corrected chi connectivity index (χ4v) is 5.56. The molecule has 0 aromatic carbocycles. The normalized spacial score (nSPS) is 22.2. The van der Waals surface area contributed by atoms with Crippen molar-refractivity contribution in [2.24, 2.45) is 5.92 Å². The van der Waals surface area contributed by atoms with Crippen molar-refractivity contribution < 1.29 is 19.1 Å². The third kappa shape index (κ3) is 8.19. The van der Waals surface area contributed by atoms with Gasteiger partial charge in [-0.3, -0.25) is 4.79 Å². The highest BCUT2D eigenvalue weighted by Gasteiger charge is 2.46. The number of alkyl halides is 3. The van der Waals surface area contributed by atoms with Crippen LogP contribution in [-0.4, -0.2) is 42.2 Å². The monoisotopic (exact) mass is 453 g/mol. The summed E-state index contributed by atoms with van der Waals surface area (Å²) < 4.78 is 8.74. The van der Waals surface area contributed by atoms with Gasteiger partial charge in [0.15, 0.2) is 0 Å². The molecule has 1 rings (SSSR count). The first kappa shape index (κ1) is 22.4. The molecule has 0 spiro atoms. The van der Waals surface area contributed by atoms with E-state index in [9.17, 15) is 9.59 Å². The van der Waals surface area contributed by atoms with Crippen LogP contribution in [0.1, 0.15) is 27.7 Å². The van der Waals surface area contributed by atoms with Gasteiger partial charge in [-0.25, -0.2) is 4.79 Å². The summed E-state index contributed by atoms with van der Waals surface area (Å²) >= 11 is 24.7. The first-order chi connectivity index (χ1) is 10.8. The lowest BCUT2D eigenvalue weighted by Gasteiger charge is -2.39. The zero-order chi connectivity index (χ0) is 18.7. The van der Waals surface area contributed by atoms with Crippen molar-refractivity contribution in [2.45, 2.75) is 47.7 Å². The minimum absolute atomic E-state index is 0.0174. The molecule has 5 nitrogen and oxygen atoms in total. The molecule has 11 heteroatoms. The van der Waals surface area contributed by atoms with E-state index in [4.69, 9.17) is 51.8 Å². The Bertz CT molecular complexity index is 508. The molecule has 0 aromatic rings. The second kappa shape index (κ2) is 8.86. The van der Waals surface area contributed by atoms with Crippen LogP contribution in [0.2, 0.25) is 0 Å². The van der Waals surface area contributed by atoms with Crippen molar-refractivity contribution in [1.82, 2.24) is 5.32 Å². The quantitative estimate of drug-likeness (QED) is 0.290. The molecular formula is C13H18Cl3NO4S3. The Hall–Kier alpha value is 0.400. The van der Waals surface area contributed by atoms with Gasteiger partial charge in [0.1, 0.15) is 22.2 Å². The van der Waals surface area contributed by atoms with Crippen molar-refractivity contribution in [3.63, 3.8) is 0 Å². The maximum Gasteiger partial charge on any atom is 0.508 e. The van der Waals surface area contributed by atoms with Crippen molar-refractivity contribution in [3.05, 3.63) is 0 Å². The molecule has 0 saturated carbocycles. The summed E-state index contributed by atoms with van der Waals surface area (Å²) in [6.45, 7) is 7.31. The number of thioether (sulfide) groups is 2. The molecule has 0 radical (unpaired) electrons. The van der Waals surface area contributed by atoms with Gasteiger partial charge < -0.3 is 14.8 Å². The number of hydrogen-bond donors (Lipinski definition) is 1. The zero-order valence-electron chi connectivity index (χ0n) is 13.4. The molecule has 1 amide bonds. The summed E-state index contributed by atoms with van der Waals surface area (Å²) in [6.07, 6.45) is -1.69. The maximum atomic E-state index is 11.8. The summed E-state index contributed by atoms with van der Waals surface area (Å²) in [6, 6.07) is 0. The summed E-state index contributed by atoms with van der Waals surface area (Å²) in [5.74, 6) is -0.730. The minimum Gasteiger partial charge on any atom is -0.430 e. The first-order valence-corrected chi connectivity index (χ1v) is 10.1. The van der Waals surface area contributed by atoms with Gasteiger partial charge in [0, 0.05) is 4.75 Å². The molecule has 24 heavy (non-hydrogen) atoms. The minimum atomic E-state index is -1.72. The van der Waals surface area contributed by atoms with Crippen LogP contribution in [0.3, 0.4) is 0 Å². The standard InChI is InChI=1S/C13H18Cl3NO4S3/c1-6(21-10(19)20-5-13(14,15)16)7-8(18)17-9(7)23-11(22)24-12(2,3)4/h6-7,9H,5H2,1-4H3,(H,17,18)/t6?,7-,9-/m1/s1. The van der Waals surface area contributed by atoms with Gasteiger partial charge in [0.2, 0.25) is 9.70 Å². The largest absolute Gasteiger partial charge is 0.508 e. The van der Waals surface area contributed by atoms with Crippen LogP contribution in [-0.2, 0) is 14.3 Å². The Morgan fingerprint density at radius 2 is 1.96 bits per heavy atom. The van der Waals surface area contributed by atoms with Gasteiger partial charge in [0.05, 0.1) is 5.37 Å². The van der Waals surface area contributed by atoms with Crippen LogP contribution in [0.4, 0.5) is 4.79 Å². The number of rotatable bonds is 4. The average molecular weight is 455 g/mol. The Labute approximate surface area is 170 Å². The number of carbonyl (C=O) groups is 2. The number of thiocarbonyl (C=S) groups is 1. The van der Waals surface area contributed by atoms with Crippen LogP contribution in [0.25, 0.3) is 0 Å². The lowest BCUT2D eigenvalue weighted by atomic mass is 9.96. The fourth-order valence-electron chi connectivity index (χ4n) is 1.71. The molecule has 0 aliphatic carbocycles. The number of ether oxygens (including phenoxy) is 2. The summed E-state index contributed by atoms with van der Waals surface area (Å²) in [5, 5.41) is 2.49. The smallest absolute Gasteiger partial charge is 0.430 e. The summed E-state index contributed by atoms with van der Waals surface area (Å²) in [7, 11) is 0. The van der Waals surface area contributed by atoms with Crippen LogP contribution in [0.5, 0.6) is 0 Å². The Kier molecular flexibility index (Phi) is 8.29. The van der Waals surface area contributed by atoms with E-state index in [2.05, 4.69) is 10.1 Å². The van der Waals surface area contributed by atoms with Crippen molar-refractivity contribution in [1.29, 1.82) is 0 Å². The van der Waals surface area contributed by atoms with E-state index in [0.717, 1.165) is 0 Å². The third-order valence-electron chi connectivity index (χ3n) is 2.67. The molecule has 1 aliphatic heterocycles. The number of nitrogens with one attached hydrogen (secondary N) is 1. The van der Waals surface area contributed by atoms with E-state index in [1.807, 2.05) is 20.8 Å². The van der Waals surface area contributed by atoms with Crippen LogP contribution >= 0.6 is 70.5 Å². The Morgan fingerprint density at radius 3 is 2.42 bits per heavy atom. The lowest BCUT2D eigenvalue weighted by Crippen LogP contribution is -2.61. The Balaban J connectivity index is 2.50. The SMILES string of the molecule is CC(OC(=O)OCC(Cl)(Cl)Cl)[C@@H]1C(=O)N[C@@H]1SC(=S)SC(C)(C)C. The molecule has 0 aromatic heterocycles. The van der Waals surface area contributed by atoms with E-state index in [0.29, 0.717) is 3.53 Å². The molecular weight excluding hydrogens is 437 g/mol. The van der Waals surface area contributed by atoms with Crippen molar-refractivity contribution in [3.8, 4) is 0 Å². The van der Waals surface area contributed by atoms with Crippen LogP contribution in [0, 0.1) is 5.92 Å². The molecule has 1 fully saturated rings. The van der Waals surface area contributed by atoms with Gasteiger partial charge in [-0.1, -0.05) is 79.6 Å². The fraction of sp³-hybridized carbons (Fsp3) is 0.769. The van der Waals surface area contributed by atoms with Crippen LogP contribution in [0.15, 0.2) is 0 Å². The summed E-state index contributed by atoms with van der Waals surface area (Å²) in [4.78, 5) is 23.4. The molecule has 1 heterocycles. The van der Waals surface area contributed by atoms with Crippen molar-refractivity contribution in [2.75, 3.05) is 6.61 Å². The summed E-state index contributed by atoms with van der Waals surface area (Å²) in [5.41, 5.74) is 0. The number of halogens is 3. The lowest BCUT2D eigenvalue weighted by molar-refractivity contribution is -0.137. The predicted octanol–water partition coefficient (Wildman–Crippen LogP) is 4.52. The molecule has 1 saturated heterocycles. The average Bonchev–Trinajstić information content (AvgIpc) is 2.32. The third-order valence-corrected chi connectivity index (χ3v) is 5.71. The van der Waals surface area contributed by atoms with Gasteiger partial charge >= 0.3 is 6.16 Å². The second-order valence-corrected chi connectivity index (χ2v) is 12.7. The second-order valence-electron chi connectivity index (χ2n) is 6.01. The number of carbonyl (C=O) groups excluding carboxylic acids is 2. The first-order valence-electron chi connectivity index (χ1n) is 6.88. The highest BCUT2D eigenvalue weighted by molar-refractivity contribution is 8.47. The highest BCUT2D eigenvalue weighted by atomic mass is 35.6. The van der Waals surface area contributed by atoms with Gasteiger partial charge in [-0.05, 0) is 6.92 Å². The molecule has 1 N–H and O–H groups in total. The molecule has 138 valence electrons. The Morgan fingerprint density at radius 1 is 1.38 bits per heavy atom. The molecule has 1 unspecified atom stereocenters. The molecule has 3 atom stereocenters. The van der Waals surface area contributed by atoms with Crippen molar-refractivity contribution >= 4 is 86.1 Å². The van der Waals surface area contributed by atoms with E-state index < -0.39 is 28.6 Å². The predicted molar refractivity (Wildman–Crippen MR) is 105 cm³/mol. The maximum absolute atomic E-state index is 11.8. The molecule has 1 aliphatic rings. The van der Waals surface area contributed by atoms with Gasteiger partial charge in [-0.2, -0.15) is 0 Å². The van der Waals surface area contributed by atoms with Gasteiger partial charge in [-0.15, -0.1) is 11.8 Å². The molecule has 0 bridgehead atoms. The van der Waals surface area contributed by atoms with E-state index in [1.165, 1.54) is 11.8 Å². The van der Waals surface area contributed by atoms with Crippen LogP contribution < -0.4 is 5.32 Å². The highest BCUT2D eigenvalue weighted by Crippen LogP contribution is 2.37.